The number of nitrogens with two attached hydrogens (primary N) is 1. The van der Waals surface area contributed by atoms with Crippen molar-refractivity contribution in [2.24, 2.45) is 0 Å². The van der Waals surface area contributed by atoms with Crippen LogP contribution >= 0.6 is 15.9 Å². The largest absolute Gasteiger partial charge is 0.398 e. The van der Waals surface area contributed by atoms with Crippen molar-refractivity contribution in [3.8, 4) is 0 Å². The SMILES string of the molecule is CCN(Cc1ccccc1N)C(=O)c1ncccc1Br. The number of nitrogens with zero attached hydrogens (tertiary/aromatic N) is 2. The molecule has 1 heterocycles. The zero-order valence-corrected chi connectivity index (χ0v) is 12.8. The van der Waals surface area contributed by atoms with Gasteiger partial charge in [-0.15, -0.1) is 0 Å². The van der Waals surface area contributed by atoms with Crippen molar-refractivity contribution >= 4 is 27.5 Å². The third kappa shape index (κ3) is 3.17. The Morgan fingerprint density at radius 2 is 2.05 bits per heavy atom. The fourth-order valence-electron chi connectivity index (χ4n) is 1.90. The van der Waals surface area contributed by atoms with E-state index >= 15 is 0 Å². The molecule has 1 aromatic carbocycles. The van der Waals surface area contributed by atoms with E-state index in [0.29, 0.717) is 28.9 Å². The standard InChI is InChI=1S/C15H16BrN3O/c1-2-19(10-11-6-3-4-8-13(11)17)15(20)14-12(16)7-5-9-18-14/h3-9H,2,10,17H2,1H3. The Hall–Kier alpha value is -1.88. The average molecular weight is 334 g/mol. The van der Waals surface area contributed by atoms with Crippen LogP contribution in [0.2, 0.25) is 0 Å². The molecule has 0 atom stereocenters. The van der Waals surface area contributed by atoms with Gasteiger partial charge in [-0.05, 0) is 46.6 Å². The highest BCUT2D eigenvalue weighted by molar-refractivity contribution is 9.10. The van der Waals surface area contributed by atoms with E-state index in [1.54, 1.807) is 17.2 Å². The quantitative estimate of drug-likeness (QED) is 0.874. The minimum absolute atomic E-state index is 0.108. The van der Waals surface area contributed by atoms with Gasteiger partial charge < -0.3 is 10.6 Å². The zero-order chi connectivity index (χ0) is 14.5. The Morgan fingerprint density at radius 1 is 1.30 bits per heavy atom. The first-order chi connectivity index (χ1) is 9.63. The van der Waals surface area contributed by atoms with Gasteiger partial charge in [0.25, 0.3) is 5.91 Å². The summed E-state index contributed by atoms with van der Waals surface area (Å²) in [5.74, 6) is -0.108. The second-order valence-corrected chi connectivity index (χ2v) is 5.21. The van der Waals surface area contributed by atoms with Crippen molar-refractivity contribution in [1.29, 1.82) is 0 Å². The van der Waals surface area contributed by atoms with Crippen molar-refractivity contribution in [2.45, 2.75) is 13.5 Å². The summed E-state index contributed by atoms with van der Waals surface area (Å²) in [4.78, 5) is 18.4. The van der Waals surface area contributed by atoms with Gasteiger partial charge in [-0.2, -0.15) is 0 Å². The Bertz CT molecular complexity index is 616. The second kappa shape index (κ2) is 6.52. The van der Waals surface area contributed by atoms with Gasteiger partial charge in [0.1, 0.15) is 5.69 Å². The van der Waals surface area contributed by atoms with Crippen LogP contribution in [0.5, 0.6) is 0 Å². The monoisotopic (exact) mass is 333 g/mol. The van der Waals surface area contributed by atoms with E-state index in [0.717, 1.165) is 5.56 Å². The van der Waals surface area contributed by atoms with E-state index in [-0.39, 0.29) is 5.91 Å². The molecule has 2 N–H and O–H groups in total. The topological polar surface area (TPSA) is 59.2 Å². The third-order valence-corrected chi connectivity index (χ3v) is 3.69. The van der Waals surface area contributed by atoms with Crippen LogP contribution in [-0.4, -0.2) is 22.3 Å². The number of para-hydroxylation sites is 1. The van der Waals surface area contributed by atoms with Gasteiger partial charge >= 0.3 is 0 Å². The molecule has 0 radical (unpaired) electrons. The average Bonchev–Trinajstić information content (AvgIpc) is 2.46. The molecule has 0 aliphatic heterocycles. The number of halogens is 1. The summed E-state index contributed by atoms with van der Waals surface area (Å²) in [6.07, 6.45) is 1.61. The third-order valence-electron chi connectivity index (χ3n) is 3.05. The molecule has 0 saturated heterocycles. The number of anilines is 1. The summed E-state index contributed by atoms with van der Waals surface area (Å²) in [6.45, 7) is 3.01. The van der Waals surface area contributed by atoms with Gasteiger partial charge in [-0.1, -0.05) is 18.2 Å². The minimum atomic E-state index is -0.108. The number of carbonyl (C=O) groups is 1. The number of aromatic nitrogens is 1. The van der Waals surface area contributed by atoms with Gasteiger partial charge in [-0.3, -0.25) is 4.79 Å². The summed E-state index contributed by atoms with van der Waals surface area (Å²) in [5.41, 5.74) is 7.98. The van der Waals surface area contributed by atoms with E-state index in [9.17, 15) is 4.79 Å². The van der Waals surface area contributed by atoms with Crippen LogP contribution in [0.25, 0.3) is 0 Å². The lowest BCUT2D eigenvalue weighted by Crippen LogP contribution is -2.31. The number of amides is 1. The van der Waals surface area contributed by atoms with Crippen LogP contribution in [0.4, 0.5) is 5.69 Å². The van der Waals surface area contributed by atoms with Crippen molar-refractivity contribution < 1.29 is 4.79 Å². The molecule has 1 aromatic heterocycles. The second-order valence-electron chi connectivity index (χ2n) is 4.35. The number of pyridine rings is 1. The minimum Gasteiger partial charge on any atom is -0.398 e. The molecule has 0 unspecified atom stereocenters. The number of rotatable bonds is 4. The Balaban J connectivity index is 2.23. The van der Waals surface area contributed by atoms with Gasteiger partial charge in [-0.25, -0.2) is 4.98 Å². The van der Waals surface area contributed by atoms with E-state index in [2.05, 4.69) is 20.9 Å². The fourth-order valence-corrected chi connectivity index (χ4v) is 2.33. The normalized spacial score (nSPS) is 10.3. The fraction of sp³-hybridized carbons (Fsp3) is 0.200. The molecule has 5 heteroatoms. The van der Waals surface area contributed by atoms with Gasteiger partial charge in [0.15, 0.2) is 0 Å². The number of nitrogen functional groups attached to an aromatic ring is 1. The Kier molecular flexibility index (Phi) is 4.74. The van der Waals surface area contributed by atoms with E-state index in [1.165, 1.54) is 0 Å². The van der Waals surface area contributed by atoms with Crippen LogP contribution in [-0.2, 0) is 6.54 Å². The number of hydrogen-bond acceptors (Lipinski definition) is 3. The van der Waals surface area contributed by atoms with Crippen LogP contribution in [0.15, 0.2) is 47.1 Å². The first-order valence-electron chi connectivity index (χ1n) is 6.36. The number of hydrogen-bond donors (Lipinski definition) is 1. The highest BCUT2D eigenvalue weighted by atomic mass is 79.9. The number of carbonyl (C=O) groups excluding carboxylic acids is 1. The molecular weight excluding hydrogens is 318 g/mol. The smallest absolute Gasteiger partial charge is 0.273 e. The number of benzene rings is 1. The molecule has 0 saturated carbocycles. The van der Waals surface area contributed by atoms with E-state index < -0.39 is 0 Å². The zero-order valence-electron chi connectivity index (χ0n) is 11.2. The van der Waals surface area contributed by atoms with E-state index in [1.807, 2.05) is 37.3 Å². The summed E-state index contributed by atoms with van der Waals surface area (Å²) >= 11 is 3.36. The van der Waals surface area contributed by atoms with Crippen LogP contribution in [0.3, 0.4) is 0 Å². The Labute approximate surface area is 126 Å². The molecule has 1 amide bonds. The maximum absolute atomic E-state index is 12.5. The van der Waals surface area contributed by atoms with Gasteiger partial charge in [0.05, 0.1) is 0 Å². The summed E-state index contributed by atoms with van der Waals surface area (Å²) < 4.78 is 0.699. The maximum atomic E-state index is 12.5. The molecule has 0 aliphatic carbocycles. The lowest BCUT2D eigenvalue weighted by atomic mass is 10.1. The first-order valence-corrected chi connectivity index (χ1v) is 7.16. The maximum Gasteiger partial charge on any atom is 0.273 e. The molecule has 4 nitrogen and oxygen atoms in total. The lowest BCUT2D eigenvalue weighted by molar-refractivity contribution is 0.0746. The highest BCUT2D eigenvalue weighted by Gasteiger charge is 2.18. The predicted octanol–water partition coefficient (Wildman–Crippen LogP) is 3.09. The van der Waals surface area contributed by atoms with Crippen molar-refractivity contribution in [3.05, 3.63) is 58.3 Å². The van der Waals surface area contributed by atoms with Gasteiger partial charge in [0, 0.05) is 29.4 Å². The lowest BCUT2D eigenvalue weighted by Gasteiger charge is -2.21. The molecule has 2 rings (SSSR count). The molecule has 0 spiro atoms. The molecule has 0 fully saturated rings. The van der Waals surface area contributed by atoms with Crippen LogP contribution in [0.1, 0.15) is 23.0 Å². The van der Waals surface area contributed by atoms with Crippen molar-refractivity contribution in [3.63, 3.8) is 0 Å². The molecule has 0 aliphatic rings. The molecule has 0 bridgehead atoms. The molecule has 2 aromatic rings. The summed E-state index contributed by atoms with van der Waals surface area (Å²) in [6, 6.07) is 11.2. The predicted molar refractivity (Wildman–Crippen MR) is 83.2 cm³/mol. The van der Waals surface area contributed by atoms with Gasteiger partial charge in [0.2, 0.25) is 0 Å². The molecule has 104 valence electrons. The van der Waals surface area contributed by atoms with Crippen molar-refractivity contribution in [1.82, 2.24) is 9.88 Å². The first kappa shape index (κ1) is 14.5. The molecular formula is C15H16BrN3O. The Morgan fingerprint density at radius 3 is 2.70 bits per heavy atom. The van der Waals surface area contributed by atoms with E-state index in [4.69, 9.17) is 5.73 Å². The summed E-state index contributed by atoms with van der Waals surface area (Å²) in [7, 11) is 0. The highest BCUT2D eigenvalue weighted by Crippen LogP contribution is 2.18. The van der Waals surface area contributed by atoms with Crippen molar-refractivity contribution in [2.75, 3.05) is 12.3 Å². The molecule has 20 heavy (non-hydrogen) atoms. The van der Waals surface area contributed by atoms with Crippen LogP contribution < -0.4 is 5.73 Å². The van der Waals surface area contributed by atoms with Crippen LogP contribution in [0, 0.1) is 0 Å². The summed E-state index contributed by atoms with van der Waals surface area (Å²) in [5, 5.41) is 0.